The summed E-state index contributed by atoms with van der Waals surface area (Å²) in [5.41, 5.74) is 0. The molecule has 0 saturated heterocycles. The summed E-state index contributed by atoms with van der Waals surface area (Å²) in [6.07, 6.45) is 0.481. The monoisotopic (exact) mass is 206 g/mol. The number of nitrogens with one attached hydrogen (secondary N) is 2. The van der Waals surface area contributed by atoms with E-state index in [1.54, 1.807) is 7.05 Å². The number of carbonyl (C=O) groups is 1. The third kappa shape index (κ3) is 7.93. The van der Waals surface area contributed by atoms with Crippen molar-refractivity contribution >= 4 is 16.7 Å². The first kappa shape index (κ1) is 12.6. The second kappa shape index (κ2) is 8.19. The van der Waals surface area contributed by atoms with Crippen LogP contribution in [0.15, 0.2) is 0 Å². The van der Waals surface area contributed by atoms with Crippen molar-refractivity contribution in [2.45, 2.75) is 13.3 Å². The fraction of sp³-hybridized carbons (Fsp3) is 0.875. The third-order valence-corrected chi connectivity index (χ3v) is 2.94. The smallest absolute Gasteiger partial charge is 0.221 e. The molecule has 0 aliphatic rings. The lowest BCUT2D eigenvalue weighted by molar-refractivity contribution is -0.120. The third-order valence-electron chi connectivity index (χ3n) is 1.64. The van der Waals surface area contributed by atoms with Gasteiger partial charge in [0, 0.05) is 48.9 Å². The zero-order valence-corrected chi connectivity index (χ0v) is 9.08. The summed E-state index contributed by atoms with van der Waals surface area (Å²) in [6, 6.07) is 0. The quantitative estimate of drug-likeness (QED) is 0.551. The lowest BCUT2D eigenvalue weighted by Crippen LogP contribution is -2.27. The van der Waals surface area contributed by atoms with Gasteiger partial charge in [0.2, 0.25) is 5.91 Å². The maximum absolute atomic E-state index is 11.0. The summed E-state index contributed by atoms with van der Waals surface area (Å²) in [5.74, 6) is 1.41. The molecule has 0 heterocycles. The molecule has 0 rings (SSSR count). The molecule has 78 valence electrons. The van der Waals surface area contributed by atoms with Crippen LogP contribution >= 0.6 is 0 Å². The molecule has 0 spiro atoms. The van der Waals surface area contributed by atoms with Crippen molar-refractivity contribution in [3.8, 4) is 0 Å². The van der Waals surface area contributed by atoms with Gasteiger partial charge >= 0.3 is 0 Å². The van der Waals surface area contributed by atoms with Crippen molar-refractivity contribution in [1.82, 2.24) is 10.6 Å². The van der Waals surface area contributed by atoms with Crippen LogP contribution in [0.25, 0.3) is 0 Å². The molecule has 0 aromatic carbocycles. The van der Waals surface area contributed by atoms with Gasteiger partial charge in [-0.05, 0) is 0 Å². The van der Waals surface area contributed by atoms with Gasteiger partial charge in [-0.15, -0.1) is 0 Å². The van der Waals surface area contributed by atoms with Crippen molar-refractivity contribution in [3.05, 3.63) is 0 Å². The molecule has 0 aliphatic carbocycles. The number of carbonyl (C=O) groups excluding carboxylic acids is 1. The van der Waals surface area contributed by atoms with E-state index in [-0.39, 0.29) is 5.91 Å². The van der Waals surface area contributed by atoms with E-state index in [1.165, 1.54) is 0 Å². The minimum absolute atomic E-state index is 0.0316. The number of amides is 1. The van der Waals surface area contributed by atoms with Gasteiger partial charge in [0.1, 0.15) is 0 Å². The molecule has 1 unspecified atom stereocenters. The average Bonchev–Trinajstić information content (AvgIpc) is 2.16. The van der Waals surface area contributed by atoms with E-state index < -0.39 is 10.8 Å². The molecule has 1 atom stereocenters. The molecular formula is C8H18N2O2S. The van der Waals surface area contributed by atoms with E-state index in [0.717, 1.165) is 6.54 Å². The van der Waals surface area contributed by atoms with Crippen molar-refractivity contribution in [3.63, 3.8) is 0 Å². The Morgan fingerprint density at radius 2 is 2.08 bits per heavy atom. The highest BCUT2D eigenvalue weighted by atomic mass is 32.2. The molecule has 0 fully saturated rings. The van der Waals surface area contributed by atoms with Gasteiger partial charge in [-0.2, -0.15) is 0 Å². The van der Waals surface area contributed by atoms with E-state index >= 15 is 0 Å². The fourth-order valence-corrected chi connectivity index (χ4v) is 1.44. The zero-order valence-electron chi connectivity index (χ0n) is 8.26. The standard InChI is InChI=1S/C8H18N2O2S/c1-3-13(12)7-6-10-5-4-8(11)9-2/h10H,3-7H2,1-2H3,(H,9,11). The summed E-state index contributed by atoms with van der Waals surface area (Å²) in [7, 11) is 0.914. The van der Waals surface area contributed by atoms with Crippen LogP contribution in [0, 0.1) is 0 Å². The summed E-state index contributed by atoms with van der Waals surface area (Å²) < 4.78 is 11.0. The molecule has 0 bridgehead atoms. The highest BCUT2D eigenvalue weighted by Gasteiger charge is 1.97. The van der Waals surface area contributed by atoms with Gasteiger partial charge in [0.05, 0.1) is 0 Å². The van der Waals surface area contributed by atoms with Crippen LogP contribution in [-0.2, 0) is 15.6 Å². The topological polar surface area (TPSA) is 58.2 Å². The van der Waals surface area contributed by atoms with Gasteiger partial charge < -0.3 is 10.6 Å². The summed E-state index contributed by atoms with van der Waals surface area (Å²) >= 11 is 0. The maximum Gasteiger partial charge on any atom is 0.221 e. The van der Waals surface area contributed by atoms with E-state index in [0.29, 0.717) is 24.5 Å². The van der Waals surface area contributed by atoms with Crippen LogP contribution in [0.1, 0.15) is 13.3 Å². The lowest BCUT2D eigenvalue weighted by Gasteiger charge is -2.02. The van der Waals surface area contributed by atoms with Gasteiger partial charge in [-0.25, -0.2) is 0 Å². The minimum atomic E-state index is -0.706. The predicted molar refractivity (Wildman–Crippen MR) is 55.1 cm³/mol. The Hall–Kier alpha value is -0.420. The number of rotatable bonds is 7. The van der Waals surface area contributed by atoms with Crippen molar-refractivity contribution in [2.75, 3.05) is 31.6 Å². The van der Waals surface area contributed by atoms with Crippen LogP contribution in [0.4, 0.5) is 0 Å². The molecule has 5 heteroatoms. The number of hydrogen-bond acceptors (Lipinski definition) is 3. The molecule has 4 nitrogen and oxygen atoms in total. The molecule has 1 amide bonds. The first-order chi connectivity index (χ1) is 6.20. The second-order valence-corrected chi connectivity index (χ2v) is 4.47. The molecular weight excluding hydrogens is 188 g/mol. The van der Waals surface area contributed by atoms with Gasteiger partial charge in [0.25, 0.3) is 0 Å². The Morgan fingerprint density at radius 3 is 2.62 bits per heavy atom. The molecule has 0 saturated carbocycles. The predicted octanol–water partition coefficient (Wildman–Crippen LogP) is -0.519. The summed E-state index contributed by atoms with van der Waals surface area (Å²) in [5, 5.41) is 5.60. The SMILES string of the molecule is CCS(=O)CCNCCC(=O)NC. The fourth-order valence-electron chi connectivity index (χ4n) is 0.782. The largest absolute Gasteiger partial charge is 0.359 e. The van der Waals surface area contributed by atoms with E-state index in [4.69, 9.17) is 0 Å². The maximum atomic E-state index is 11.0. The van der Waals surface area contributed by atoms with Gasteiger partial charge in [-0.1, -0.05) is 6.92 Å². The van der Waals surface area contributed by atoms with Crippen molar-refractivity contribution < 1.29 is 9.00 Å². The second-order valence-electron chi connectivity index (χ2n) is 2.61. The molecule has 13 heavy (non-hydrogen) atoms. The highest BCUT2D eigenvalue weighted by Crippen LogP contribution is 1.80. The van der Waals surface area contributed by atoms with E-state index in [9.17, 15) is 9.00 Å². The van der Waals surface area contributed by atoms with Crippen LogP contribution in [0.2, 0.25) is 0 Å². The molecule has 0 radical (unpaired) electrons. The van der Waals surface area contributed by atoms with Gasteiger partial charge in [-0.3, -0.25) is 9.00 Å². The Kier molecular flexibility index (Phi) is 7.93. The minimum Gasteiger partial charge on any atom is -0.359 e. The molecule has 0 aromatic heterocycles. The van der Waals surface area contributed by atoms with E-state index in [1.807, 2.05) is 6.92 Å². The average molecular weight is 206 g/mol. The molecule has 0 aliphatic heterocycles. The highest BCUT2D eigenvalue weighted by molar-refractivity contribution is 7.84. The number of hydrogen-bond donors (Lipinski definition) is 2. The van der Waals surface area contributed by atoms with Crippen LogP contribution in [-0.4, -0.2) is 41.8 Å². The Labute approximate surface area is 81.9 Å². The molecule has 2 N–H and O–H groups in total. The summed E-state index contributed by atoms with van der Waals surface area (Å²) in [6.45, 7) is 3.28. The first-order valence-corrected chi connectivity index (χ1v) is 5.95. The van der Waals surface area contributed by atoms with Gasteiger partial charge in [0.15, 0.2) is 0 Å². The first-order valence-electron chi connectivity index (χ1n) is 4.47. The van der Waals surface area contributed by atoms with Crippen molar-refractivity contribution in [2.24, 2.45) is 0 Å². The Bertz CT molecular complexity index is 156. The van der Waals surface area contributed by atoms with E-state index in [2.05, 4.69) is 10.6 Å². The molecule has 0 aromatic rings. The zero-order chi connectivity index (χ0) is 10.1. The Morgan fingerprint density at radius 1 is 1.38 bits per heavy atom. The van der Waals surface area contributed by atoms with Crippen LogP contribution in [0.5, 0.6) is 0 Å². The van der Waals surface area contributed by atoms with Crippen LogP contribution in [0.3, 0.4) is 0 Å². The normalized spacial score (nSPS) is 12.5. The van der Waals surface area contributed by atoms with Crippen LogP contribution < -0.4 is 10.6 Å². The lowest BCUT2D eigenvalue weighted by atomic mass is 10.4. The Balaban J connectivity index is 3.17. The van der Waals surface area contributed by atoms with Crippen molar-refractivity contribution in [1.29, 1.82) is 0 Å². The summed E-state index contributed by atoms with van der Waals surface area (Å²) in [4.78, 5) is 10.8.